The first-order chi connectivity index (χ1) is 14.3. The largest absolute Gasteiger partial charge is 0.496 e. The summed E-state index contributed by atoms with van der Waals surface area (Å²) in [5, 5.41) is 0. The van der Waals surface area contributed by atoms with Crippen LogP contribution in [0.2, 0.25) is 0 Å². The molecule has 0 fully saturated rings. The van der Waals surface area contributed by atoms with Crippen molar-refractivity contribution in [2.45, 2.75) is 20.5 Å². The van der Waals surface area contributed by atoms with E-state index in [0.29, 0.717) is 33.0 Å². The summed E-state index contributed by atoms with van der Waals surface area (Å²) in [5.41, 5.74) is 2.57. The van der Waals surface area contributed by atoms with E-state index < -0.39 is 5.97 Å². The molecule has 2 rings (SSSR count). The highest BCUT2D eigenvalue weighted by Crippen LogP contribution is 2.35. The summed E-state index contributed by atoms with van der Waals surface area (Å²) >= 11 is 3.46. The summed E-state index contributed by atoms with van der Waals surface area (Å²) in [6.07, 6.45) is 1.72. The van der Waals surface area contributed by atoms with Crippen molar-refractivity contribution in [1.82, 2.24) is 4.90 Å². The lowest BCUT2D eigenvalue weighted by atomic mass is 10.1. The summed E-state index contributed by atoms with van der Waals surface area (Å²) in [4.78, 5) is 19.1. The summed E-state index contributed by atoms with van der Waals surface area (Å²) in [7, 11) is 6.55. The van der Waals surface area contributed by atoms with Gasteiger partial charge in [-0.1, -0.05) is 0 Å². The molecule has 2 aromatic carbocycles. The van der Waals surface area contributed by atoms with E-state index in [0.717, 1.165) is 12.1 Å². The van der Waals surface area contributed by atoms with E-state index in [2.05, 4.69) is 20.9 Å². The first-order valence-electron chi connectivity index (χ1n) is 9.35. The van der Waals surface area contributed by atoms with Crippen LogP contribution >= 0.6 is 15.9 Å². The molecule has 0 aliphatic rings. The number of ether oxygens (including phenoxy) is 4. The van der Waals surface area contributed by atoms with E-state index in [1.165, 1.54) is 7.11 Å². The van der Waals surface area contributed by atoms with Gasteiger partial charge in [-0.05, 0) is 53.5 Å². The molecule has 0 bridgehead atoms. The highest BCUT2D eigenvalue weighted by Gasteiger charge is 2.19. The SMILES string of the molecule is CCN(C)C=Nc1cc(OC)c(C(=O)OCc2c(OC)cc(C)cc2OC)cc1Br. The maximum absolute atomic E-state index is 12.8. The summed E-state index contributed by atoms with van der Waals surface area (Å²) in [6, 6.07) is 7.06. The molecule has 0 unspecified atom stereocenters. The van der Waals surface area contributed by atoms with Crippen molar-refractivity contribution in [3.8, 4) is 17.2 Å². The smallest absolute Gasteiger partial charge is 0.342 e. The van der Waals surface area contributed by atoms with E-state index in [1.807, 2.05) is 37.9 Å². The summed E-state index contributed by atoms with van der Waals surface area (Å²) < 4.78 is 22.4. The number of halogens is 1. The fraction of sp³-hybridized carbons (Fsp3) is 0.364. The van der Waals surface area contributed by atoms with Gasteiger partial charge in [0.2, 0.25) is 0 Å². The van der Waals surface area contributed by atoms with Crippen molar-refractivity contribution in [2.24, 2.45) is 4.99 Å². The van der Waals surface area contributed by atoms with Crippen LogP contribution < -0.4 is 14.2 Å². The number of rotatable bonds is 9. The Balaban J connectivity index is 2.28. The van der Waals surface area contributed by atoms with Crippen LogP contribution in [0, 0.1) is 6.92 Å². The van der Waals surface area contributed by atoms with Crippen LogP contribution in [0.5, 0.6) is 17.2 Å². The number of aryl methyl sites for hydroxylation is 1. The Morgan fingerprint density at radius 1 is 1.07 bits per heavy atom. The number of hydrogen-bond acceptors (Lipinski definition) is 6. The highest BCUT2D eigenvalue weighted by molar-refractivity contribution is 9.10. The molecule has 0 radical (unpaired) electrons. The average molecular weight is 479 g/mol. The van der Waals surface area contributed by atoms with Gasteiger partial charge in [0.25, 0.3) is 0 Å². The molecule has 0 aliphatic heterocycles. The maximum Gasteiger partial charge on any atom is 0.342 e. The summed E-state index contributed by atoms with van der Waals surface area (Å²) in [6.45, 7) is 4.78. The first-order valence-corrected chi connectivity index (χ1v) is 10.1. The highest BCUT2D eigenvalue weighted by atomic mass is 79.9. The minimum atomic E-state index is -0.529. The third-order valence-electron chi connectivity index (χ3n) is 4.48. The third kappa shape index (κ3) is 5.66. The van der Waals surface area contributed by atoms with E-state index in [-0.39, 0.29) is 12.2 Å². The molecular weight excluding hydrogens is 452 g/mol. The molecule has 0 aromatic heterocycles. The van der Waals surface area contributed by atoms with Gasteiger partial charge in [-0.15, -0.1) is 0 Å². The van der Waals surface area contributed by atoms with Crippen LogP contribution in [0.25, 0.3) is 0 Å². The van der Waals surface area contributed by atoms with Gasteiger partial charge in [-0.3, -0.25) is 0 Å². The van der Waals surface area contributed by atoms with Gasteiger partial charge >= 0.3 is 5.97 Å². The Hall–Kier alpha value is -2.74. The predicted molar refractivity (Wildman–Crippen MR) is 121 cm³/mol. The second-order valence-corrected chi connectivity index (χ2v) is 7.40. The number of nitrogens with zero attached hydrogens (tertiary/aromatic N) is 2. The molecule has 0 N–H and O–H groups in total. The Bertz CT molecular complexity index is 905. The molecule has 7 nitrogen and oxygen atoms in total. The van der Waals surface area contributed by atoms with Crippen molar-refractivity contribution in [3.05, 3.63) is 45.4 Å². The Labute approximate surface area is 185 Å². The molecule has 30 heavy (non-hydrogen) atoms. The van der Waals surface area contributed by atoms with Gasteiger partial charge < -0.3 is 23.8 Å². The second-order valence-electron chi connectivity index (χ2n) is 6.55. The van der Waals surface area contributed by atoms with Crippen molar-refractivity contribution in [3.63, 3.8) is 0 Å². The Morgan fingerprint density at radius 2 is 1.67 bits per heavy atom. The number of aliphatic imine (C=N–C) groups is 1. The van der Waals surface area contributed by atoms with Crippen LogP contribution in [0.4, 0.5) is 5.69 Å². The van der Waals surface area contributed by atoms with Crippen LogP contribution in [0.15, 0.2) is 33.7 Å². The van der Waals surface area contributed by atoms with Crippen LogP contribution in [0.3, 0.4) is 0 Å². The van der Waals surface area contributed by atoms with E-state index in [1.54, 1.807) is 32.7 Å². The van der Waals surface area contributed by atoms with Gasteiger partial charge in [-0.2, -0.15) is 0 Å². The minimum Gasteiger partial charge on any atom is -0.496 e. The van der Waals surface area contributed by atoms with Crippen molar-refractivity contribution < 1.29 is 23.7 Å². The molecule has 2 aromatic rings. The molecular formula is C22H27BrN2O5. The maximum atomic E-state index is 12.8. The fourth-order valence-corrected chi connectivity index (χ4v) is 3.13. The Kier molecular flexibility index (Phi) is 8.53. The van der Waals surface area contributed by atoms with Gasteiger partial charge in [-0.25, -0.2) is 9.79 Å². The normalized spacial score (nSPS) is 10.8. The topological polar surface area (TPSA) is 69.6 Å². The lowest BCUT2D eigenvalue weighted by molar-refractivity contribution is 0.0464. The van der Waals surface area contributed by atoms with Crippen LogP contribution in [-0.4, -0.2) is 52.1 Å². The van der Waals surface area contributed by atoms with Crippen LogP contribution in [-0.2, 0) is 11.3 Å². The zero-order valence-corrected chi connectivity index (χ0v) is 19.7. The monoisotopic (exact) mass is 478 g/mol. The van der Waals surface area contributed by atoms with Crippen LogP contribution in [0.1, 0.15) is 28.4 Å². The molecule has 0 heterocycles. The number of esters is 1. The minimum absolute atomic E-state index is 0.00652. The number of carbonyl (C=O) groups is 1. The Morgan fingerprint density at radius 3 is 2.20 bits per heavy atom. The van der Waals surface area contributed by atoms with Gasteiger partial charge in [0.1, 0.15) is 29.4 Å². The number of benzene rings is 2. The van der Waals surface area contributed by atoms with Gasteiger partial charge in [0.05, 0.1) is 38.9 Å². The molecule has 0 spiro atoms. The zero-order chi connectivity index (χ0) is 22.3. The second kappa shape index (κ2) is 10.9. The molecule has 0 saturated carbocycles. The quantitative estimate of drug-likeness (QED) is 0.294. The first kappa shape index (κ1) is 23.5. The number of carbonyl (C=O) groups excluding carboxylic acids is 1. The molecule has 0 atom stereocenters. The van der Waals surface area contributed by atoms with E-state index in [4.69, 9.17) is 18.9 Å². The number of hydrogen-bond donors (Lipinski definition) is 0. The standard InChI is InChI=1S/C22H27BrN2O5/c1-7-25(3)13-24-18-11-21(29-6)15(10-17(18)23)22(26)30-12-16-19(27-4)8-14(2)9-20(16)28-5/h8-11,13H,7,12H2,1-6H3. The fourth-order valence-electron chi connectivity index (χ4n) is 2.69. The molecule has 0 saturated heterocycles. The van der Waals surface area contributed by atoms with E-state index in [9.17, 15) is 4.79 Å². The van der Waals surface area contributed by atoms with Crippen molar-refractivity contribution in [1.29, 1.82) is 0 Å². The summed E-state index contributed by atoms with van der Waals surface area (Å²) in [5.74, 6) is 1.03. The van der Waals surface area contributed by atoms with Gasteiger partial charge in [0, 0.05) is 24.1 Å². The lowest BCUT2D eigenvalue weighted by Crippen LogP contribution is -2.14. The van der Waals surface area contributed by atoms with Gasteiger partial charge in [0.15, 0.2) is 0 Å². The lowest BCUT2D eigenvalue weighted by Gasteiger charge is -2.15. The van der Waals surface area contributed by atoms with E-state index >= 15 is 0 Å². The van der Waals surface area contributed by atoms with Crippen molar-refractivity contribution in [2.75, 3.05) is 34.9 Å². The number of methoxy groups -OCH3 is 3. The zero-order valence-electron chi connectivity index (χ0n) is 18.1. The molecule has 8 heteroatoms. The average Bonchev–Trinajstić information content (AvgIpc) is 2.75. The van der Waals surface area contributed by atoms with Crippen molar-refractivity contribution >= 4 is 33.9 Å². The third-order valence-corrected chi connectivity index (χ3v) is 5.12. The molecule has 0 amide bonds. The predicted octanol–water partition coefficient (Wildman–Crippen LogP) is 4.75. The molecule has 162 valence electrons. The molecule has 0 aliphatic carbocycles.